The first-order valence-electron chi connectivity index (χ1n) is 5.31. The second kappa shape index (κ2) is 5.12. The fourth-order valence-electron chi connectivity index (χ4n) is 1.94. The van der Waals surface area contributed by atoms with Crippen LogP contribution in [0.1, 0.15) is 24.5 Å². The Bertz CT molecular complexity index is 437. The van der Waals surface area contributed by atoms with Gasteiger partial charge in [-0.2, -0.15) is 0 Å². The van der Waals surface area contributed by atoms with E-state index in [-0.39, 0.29) is 5.69 Å². The smallest absolute Gasteiger partial charge is 0.276 e. The number of benzene rings is 1. The highest BCUT2D eigenvalue weighted by Crippen LogP contribution is 2.35. The van der Waals surface area contributed by atoms with Crippen LogP contribution < -0.4 is 0 Å². The summed E-state index contributed by atoms with van der Waals surface area (Å²) in [7, 11) is 0. The van der Waals surface area contributed by atoms with Crippen molar-refractivity contribution in [2.24, 2.45) is 0 Å². The highest BCUT2D eigenvalue weighted by molar-refractivity contribution is 9.10. The molecule has 1 saturated heterocycles. The third-order valence-corrected chi connectivity index (χ3v) is 3.29. The minimum absolute atomic E-state index is 0.0264. The number of nitrogens with zero attached hydrogens (tertiary/aromatic N) is 1. The maximum atomic E-state index is 11.0. The van der Waals surface area contributed by atoms with Crippen LogP contribution in [0.5, 0.6) is 0 Å². The molecule has 0 aromatic heterocycles. The van der Waals surface area contributed by atoms with Gasteiger partial charge in [0, 0.05) is 23.6 Å². The van der Waals surface area contributed by atoms with Crippen LogP contribution in [-0.2, 0) is 4.74 Å². The van der Waals surface area contributed by atoms with Crippen molar-refractivity contribution in [1.29, 1.82) is 0 Å². The Morgan fingerprint density at radius 2 is 2.29 bits per heavy atom. The number of ether oxygens (including phenoxy) is 1. The lowest BCUT2D eigenvalue weighted by molar-refractivity contribution is -0.386. The van der Waals surface area contributed by atoms with Crippen molar-refractivity contribution in [3.8, 4) is 0 Å². The topological polar surface area (TPSA) is 72.6 Å². The predicted octanol–water partition coefficient (Wildman–Crippen LogP) is 2.57. The van der Waals surface area contributed by atoms with Crippen molar-refractivity contribution in [3.63, 3.8) is 0 Å². The Morgan fingerprint density at radius 3 is 2.94 bits per heavy atom. The standard InChI is InChI=1S/C11H12BrNO4/c12-7-1-2-9(10(5-7)13(15)16)11-6-8(14)3-4-17-11/h1-2,5,8,11,14H,3-4,6H2. The van der Waals surface area contributed by atoms with E-state index in [0.717, 1.165) is 0 Å². The molecule has 1 N–H and O–H groups in total. The minimum atomic E-state index is -0.447. The van der Waals surface area contributed by atoms with E-state index in [0.29, 0.717) is 29.5 Å². The number of nitro benzene ring substituents is 1. The molecular formula is C11H12BrNO4. The summed E-state index contributed by atoms with van der Waals surface area (Å²) in [6.45, 7) is 0.430. The van der Waals surface area contributed by atoms with E-state index in [1.165, 1.54) is 6.07 Å². The fourth-order valence-corrected chi connectivity index (χ4v) is 2.29. The third kappa shape index (κ3) is 2.83. The highest BCUT2D eigenvalue weighted by Gasteiger charge is 2.28. The number of hydrogen-bond acceptors (Lipinski definition) is 4. The molecule has 1 aliphatic rings. The van der Waals surface area contributed by atoms with Crippen molar-refractivity contribution >= 4 is 21.6 Å². The summed E-state index contributed by atoms with van der Waals surface area (Å²) < 4.78 is 6.14. The van der Waals surface area contributed by atoms with E-state index < -0.39 is 17.1 Å². The first-order chi connectivity index (χ1) is 8.08. The van der Waals surface area contributed by atoms with Gasteiger partial charge in [-0.15, -0.1) is 0 Å². The molecule has 0 amide bonds. The lowest BCUT2D eigenvalue weighted by atomic mass is 9.98. The summed E-state index contributed by atoms with van der Waals surface area (Å²) in [5, 5.41) is 20.5. The molecule has 0 radical (unpaired) electrons. The molecule has 0 bridgehead atoms. The molecule has 6 heteroatoms. The summed E-state index contributed by atoms with van der Waals surface area (Å²) in [6, 6.07) is 4.87. The molecule has 2 atom stereocenters. The number of aliphatic hydroxyl groups is 1. The average molecular weight is 302 g/mol. The van der Waals surface area contributed by atoms with Crippen LogP contribution in [0.15, 0.2) is 22.7 Å². The molecule has 0 aliphatic carbocycles. The second-order valence-corrected chi connectivity index (χ2v) is 4.91. The molecule has 92 valence electrons. The molecule has 2 unspecified atom stereocenters. The summed E-state index contributed by atoms with van der Waals surface area (Å²) in [5.74, 6) is 0. The molecule has 2 rings (SSSR count). The van der Waals surface area contributed by atoms with Crippen molar-refractivity contribution in [1.82, 2.24) is 0 Å². The monoisotopic (exact) mass is 301 g/mol. The maximum Gasteiger partial charge on any atom is 0.276 e. The number of aliphatic hydroxyl groups excluding tert-OH is 1. The van der Waals surface area contributed by atoms with Gasteiger partial charge in [-0.25, -0.2) is 0 Å². The maximum absolute atomic E-state index is 11.0. The summed E-state index contributed by atoms with van der Waals surface area (Å²) >= 11 is 3.21. The Balaban J connectivity index is 2.33. The Labute approximate surface area is 107 Å². The van der Waals surface area contributed by atoms with Gasteiger partial charge in [0.2, 0.25) is 0 Å². The number of nitro groups is 1. The van der Waals surface area contributed by atoms with Gasteiger partial charge in [0.25, 0.3) is 5.69 Å². The Hall–Kier alpha value is -0.980. The van der Waals surface area contributed by atoms with Gasteiger partial charge in [-0.05, 0) is 18.6 Å². The average Bonchev–Trinajstić information content (AvgIpc) is 2.28. The van der Waals surface area contributed by atoms with E-state index in [9.17, 15) is 15.2 Å². The van der Waals surface area contributed by atoms with Gasteiger partial charge < -0.3 is 9.84 Å². The molecule has 1 aromatic rings. The van der Waals surface area contributed by atoms with E-state index in [4.69, 9.17) is 4.74 Å². The zero-order valence-corrected chi connectivity index (χ0v) is 10.6. The van der Waals surface area contributed by atoms with Crippen LogP contribution in [0.2, 0.25) is 0 Å². The van der Waals surface area contributed by atoms with Crippen molar-refractivity contribution < 1.29 is 14.8 Å². The second-order valence-electron chi connectivity index (χ2n) is 4.00. The van der Waals surface area contributed by atoms with E-state index in [1.54, 1.807) is 12.1 Å². The van der Waals surface area contributed by atoms with Crippen LogP contribution in [0.4, 0.5) is 5.69 Å². The van der Waals surface area contributed by atoms with Gasteiger partial charge in [0.05, 0.1) is 22.7 Å². The Morgan fingerprint density at radius 1 is 1.53 bits per heavy atom. The molecule has 1 fully saturated rings. The normalized spacial score (nSPS) is 24.6. The van der Waals surface area contributed by atoms with E-state index in [2.05, 4.69) is 15.9 Å². The van der Waals surface area contributed by atoms with Crippen LogP contribution >= 0.6 is 15.9 Å². The molecular weight excluding hydrogens is 290 g/mol. The third-order valence-electron chi connectivity index (χ3n) is 2.79. The number of rotatable bonds is 2. The lowest BCUT2D eigenvalue weighted by Crippen LogP contribution is -2.23. The lowest BCUT2D eigenvalue weighted by Gasteiger charge is -2.26. The predicted molar refractivity (Wildman–Crippen MR) is 64.7 cm³/mol. The fraction of sp³-hybridized carbons (Fsp3) is 0.455. The van der Waals surface area contributed by atoms with Gasteiger partial charge >= 0.3 is 0 Å². The van der Waals surface area contributed by atoms with Gasteiger partial charge in [-0.1, -0.05) is 15.9 Å². The highest BCUT2D eigenvalue weighted by atomic mass is 79.9. The van der Waals surface area contributed by atoms with Gasteiger partial charge in [0.15, 0.2) is 0 Å². The van der Waals surface area contributed by atoms with Crippen LogP contribution in [-0.4, -0.2) is 22.7 Å². The molecule has 1 aromatic carbocycles. The van der Waals surface area contributed by atoms with E-state index in [1.807, 2.05) is 0 Å². The molecule has 0 saturated carbocycles. The minimum Gasteiger partial charge on any atom is -0.393 e. The van der Waals surface area contributed by atoms with Crippen molar-refractivity contribution in [2.45, 2.75) is 25.0 Å². The molecule has 17 heavy (non-hydrogen) atoms. The summed E-state index contributed by atoms with van der Waals surface area (Å²) in [6.07, 6.45) is 0.146. The van der Waals surface area contributed by atoms with Crippen LogP contribution in [0.3, 0.4) is 0 Å². The van der Waals surface area contributed by atoms with E-state index >= 15 is 0 Å². The SMILES string of the molecule is O=[N+]([O-])c1cc(Br)ccc1C1CC(O)CCO1. The zero-order valence-electron chi connectivity index (χ0n) is 9.01. The number of halogens is 1. The first-order valence-corrected chi connectivity index (χ1v) is 6.10. The quantitative estimate of drug-likeness (QED) is 0.673. The van der Waals surface area contributed by atoms with Gasteiger partial charge in [-0.3, -0.25) is 10.1 Å². The zero-order chi connectivity index (χ0) is 12.4. The Kier molecular flexibility index (Phi) is 3.76. The van der Waals surface area contributed by atoms with Crippen molar-refractivity contribution in [2.75, 3.05) is 6.61 Å². The van der Waals surface area contributed by atoms with Gasteiger partial charge in [0.1, 0.15) is 0 Å². The van der Waals surface area contributed by atoms with Crippen LogP contribution in [0.25, 0.3) is 0 Å². The first kappa shape index (κ1) is 12.5. The largest absolute Gasteiger partial charge is 0.393 e. The summed E-state index contributed by atoms with van der Waals surface area (Å²) in [5.41, 5.74) is 0.551. The molecule has 1 aliphatic heterocycles. The molecule has 0 spiro atoms. The number of hydrogen-bond donors (Lipinski definition) is 1. The van der Waals surface area contributed by atoms with Crippen LogP contribution in [0, 0.1) is 10.1 Å². The summed E-state index contributed by atoms with van der Waals surface area (Å²) in [4.78, 5) is 10.5. The molecule has 5 nitrogen and oxygen atoms in total. The molecule has 1 heterocycles. The van der Waals surface area contributed by atoms with Crippen molar-refractivity contribution in [3.05, 3.63) is 38.3 Å².